The molecule has 1 aromatic heterocycles. The largest absolute Gasteiger partial charge is 0.338 e. The molecule has 0 radical (unpaired) electrons. The van der Waals surface area contributed by atoms with E-state index in [2.05, 4.69) is 10.5 Å². The molecule has 3 N–H and O–H groups in total. The maximum atomic E-state index is 12.1. The van der Waals surface area contributed by atoms with Gasteiger partial charge in [-0.1, -0.05) is 35.5 Å². The highest BCUT2D eigenvalue weighted by molar-refractivity contribution is 5.97. The molecule has 0 spiro atoms. The molecule has 1 atom stereocenters. The molecule has 18 heavy (non-hydrogen) atoms. The van der Waals surface area contributed by atoms with Crippen LogP contribution in [-0.4, -0.2) is 11.1 Å². The lowest BCUT2D eigenvalue weighted by atomic mass is 9.92. The van der Waals surface area contributed by atoms with E-state index in [9.17, 15) is 4.79 Å². The van der Waals surface area contributed by atoms with Crippen LogP contribution in [0.25, 0.3) is 0 Å². The summed E-state index contributed by atoms with van der Waals surface area (Å²) in [6.45, 7) is 3.43. The summed E-state index contributed by atoms with van der Waals surface area (Å²) in [5.41, 5.74) is 6.37. The third-order valence-corrected chi connectivity index (χ3v) is 2.71. The number of benzene rings is 1. The normalized spacial score (nSPS) is 13.9. The SMILES string of the molecule is Cc1cc(NC(=O)C(C)(N)c2ccccc2)on1. The number of carbonyl (C=O) groups excluding carboxylic acids is 1. The van der Waals surface area contributed by atoms with Crippen molar-refractivity contribution in [3.05, 3.63) is 47.7 Å². The number of nitrogens with two attached hydrogens (primary N) is 1. The summed E-state index contributed by atoms with van der Waals surface area (Å²) in [7, 11) is 0. The molecule has 5 heteroatoms. The van der Waals surface area contributed by atoms with Crippen molar-refractivity contribution >= 4 is 11.8 Å². The zero-order valence-electron chi connectivity index (χ0n) is 10.3. The molecule has 2 rings (SSSR count). The molecule has 0 bridgehead atoms. The maximum Gasteiger partial charge on any atom is 0.251 e. The summed E-state index contributed by atoms with van der Waals surface area (Å²) in [6.07, 6.45) is 0. The minimum absolute atomic E-state index is 0.296. The Balaban J connectivity index is 2.18. The Hall–Kier alpha value is -2.14. The summed E-state index contributed by atoms with van der Waals surface area (Å²) in [6, 6.07) is 10.8. The molecule has 0 aliphatic heterocycles. The van der Waals surface area contributed by atoms with Crippen LogP contribution in [0.5, 0.6) is 0 Å². The zero-order chi connectivity index (χ0) is 13.2. The van der Waals surface area contributed by atoms with Gasteiger partial charge in [-0.25, -0.2) is 0 Å². The highest BCUT2D eigenvalue weighted by atomic mass is 16.5. The Kier molecular flexibility index (Phi) is 3.16. The van der Waals surface area contributed by atoms with Crippen molar-refractivity contribution in [3.63, 3.8) is 0 Å². The lowest BCUT2D eigenvalue weighted by molar-refractivity contribution is -0.121. The lowest BCUT2D eigenvalue weighted by Crippen LogP contribution is -2.45. The van der Waals surface area contributed by atoms with Crippen molar-refractivity contribution in [3.8, 4) is 0 Å². The number of rotatable bonds is 3. The lowest BCUT2D eigenvalue weighted by Gasteiger charge is -2.23. The molecular formula is C13H15N3O2. The van der Waals surface area contributed by atoms with Crippen LogP contribution in [0.4, 0.5) is 5.88 Å². The highest BCUT2D eigenvalue weighted by Gasteiger charge is 2.31. The second-order valence-corrected chi connectivity index (χ2v) is 4.36. The molecule has 94 valence electrons. The predicted molar refractivity (Wildman–Crippen MR) is 67.9 cm³/mol. The van der Waals surface area contributed by atoms with Crippen LogP contribution in [-0.2, 0) is 10.3 Å². The quantitative estimate of drug-likeness (QED) is 0.863. The van der Waals surface area contributed by atoms with Gasteiger partial charge < -0.3 is 10.3 Å². The van der Waals surface area contributed by atoms with E-state index >= 15 is 0 Å². The topological polar surface area (TPSA) is 81.2 Å². The molecule has 5 nitrogen and oxygen atoms in total. The number of nitrogens with zero attached hydrogens (tertiary/aromatic N) is 1. The van der Waals surface area contributed by atoms with Crippen molar-refractivity contribution in [2.45, 2.75) is 19.4 Å². The number of carbonyl (C=O) groups is 1. The van der Waals surface area contributed by atoms with Crippen molar-refractivity contribution in [2.24, 2.45) is 5.73 Å². The van der Waals surface area contributed by atoms with E-state index in [1.165, 1.54) is 0 Å². The fourth-order valence-corrected chi connectivity index (χ4v) is 1.58. The Bertz CT molecular complexity index is 546. The monoisotopic (exact) mass is 245 g/mol. The summed E-state index contributed by atoms with van der Waals surface area (Å²) >= 11 is 0. The standard InChI is InChI=1S/C13H15N3O2/c1-9-8-11(18-16-9)15-12(17)13(2,14)10-6-4-3-5-7-10/h3-8H,14H2,1-2H3,(H,15,17). The maximum absolute atomic E-state index is 12.1. The number of hydrogen-bond donors (Lipinski definition) is 2. The van der Waals surface area contributed by atoms with Crippen molar-refractivity contribution in [2.75, 3.05) is 5.32 Å². The van der Waals surface area contributed by atoms with Gasteiger partial charge in [-0.2, -0.15) is 0 Å². The second kappa shape index (κ2) is 4.62. The number of hydrogen-bond acceptors (Lipinski definition) is 4. The van der Waals surface area contributed by atoms with Crippen LogP contribution < -0.4 is 11.1 Å². The van der Waals surface area contributed by atoms with Crippen LogP contribution in [0.1, 0.15) is 18.2 Å². The summed E-state index contributed by atoms with van der Waals surface area (Å²) < 4.78 is 4.93. The van der Waals surface area contributed by atoms with Crippen molar-refractivity contribution in [1.82, 2.24) is 5.16 Å². The van der Waals surface area contributed by atoms with Gasteiger partial charge in [-0.05, 0) is 19.4 Å². The Morgan fingerprint density at radius 3 is 2.61 bits per heavy atom. The van der Waals surface area contributed by atoms with Gasteiger partial charge in [0.2, 0.25) is 5.88 Å². The molecule has 0 aliphatic rings. The first-order valence-corrected chi connectivity index (χ1v) is 5.59. The van der Waals surface area contributed by atoms with Gasteiger partial charge in [-0.3, -0.25) is 10.1 Å². The summed E-state index contributed by atoms with van der Waals surface area (Å²) in [5.74, 6) is -0.0463. The average molecular weight is 245 g/mol. The third kappa shape index (κ3) is 2.41. The van der Waals surface area contributed by atoms with E-state index < -0.39 is 5.54 Å². The smallest absolute Gasteiger partial charge is 0.251 e. The van der Waals surface area contributed by atoms with E-state index in [-0.39, 0.29) is 5.91 Å². The van der Waals surface area contributed by atoms with Gasteiger partial charge in [0.25, 0.3) is 5.91 Å². The van der Waals surface area contributed by atoms with Crippen LogP contribution >= 0.6 is 0 Å². The zero-order valence-corrected chi connectivity index (χ0v) is 10.3. The number of anilines is 1. The number of aromatic nitrogens is 1. The minimum Gasteiger partial charge on any atom is -0.338 e. The summed E-state index contributed by atoms with van der Waals surface area (Å²) in [4.78, 5) is 12.1. The second-order valence-electron chi connectivity index (χ2n) is 4.36. The predicted octanol–water partition coefficient (Wildman–Crippen LogP) is 1.80. The third-order valence-electron chi connectivity index (χ3n) is 2.71. The molecule has 0 saturated heterocycles. The van der Waals surface area contributed by atoms with Crippen LogP contribution in [0.2, 0.25) is 0 Å². The van der Waals surface area contributed by atoms with Crippen LogP contribution in [0.3, 0.4) is 0 Å². The minimum atomic E-state index is -1.12. The summed E-state index contributed by atoms with van der Waals surface area (Å²) in [5, 5.41) is 6.30. The van der Waals surface area contributed by atoms with E-state index in [0.29, 0.717) is 11.6 Å². The van der Waals surface area contributed by atoms with Gasteiger partial charge in [-0.15, -0.1) is 0 Å². The molecule has 0 aliphatic carbocycles. The van der Waals surface area contributed by atoms with Crippen molar-refractivity contribution in [1.29, 1.82) is 0 Å². The first kappa shape index (κ1) is 12.3. The molecule has 0 fully saturated rings. The molecular weight excluding hydrogens is 230 g/mol. The Labute approximate surface area is 105 Å². The number of nitrogens with one attached hydrogen (secondary N) is 1. The van der Waals surface area contributed by atoms with Crippen molar-refractivity contribution < 1.29 is 9.32 Å². The van der Waals surface area contributed by atoms with Gasteiger partial charge in [0.05, 0.1) is 5.69 Å². The van der Waals surface area contributed by atoms with Gasteiger partial charge in [0, 0.05) is 6.07 Å². The van der Waals surface area contributed by atoms with Gasteiger partial charge in [0.15, 0.2) is 0 Å². The Morgan fingerprint density at radius 2 is 2.06 bits per heavy atom. The molecule has 1 amide bonds. The molecule has 1 heterocycles. The van der Waals surface area contributed by atoms with Crippen LogP contribution in [0, 0.1) is 6.92 Å². The fourth-order valence-electron chi connectivity index (χ4n) is 1.58. The number of aryl methyl sites for hydroxylation is 1. The molecule has 0 saturated carbocycles. The van der Waals surface area contributed by atoms with E-state index in [4.69, 9.17) is 10.3 Å². The van der Waals surface area contributed by atoms with Gasteiger partial charge >= 0.3 is 0 Å². The molecule has 2 aromatic rings. The van der Waals surface area contributed by atoms with E-state index in [0.717, 1.165) is 5.56 Å². The van der Waals surface area contributed by atoms with Gasteiger partial charge in [0.1, 0.15) is 5.54 Å². The first-order chi connectivity index (χ1) is 8.50. The first-order valence-electron chi connectivity index (χ1n) is 5.59. The molecule has 1 aromatic carbocycles. The van der Waals surface area contributed by atoms with E-state index in [1.807, 2.05) is 30.3 Å². The average Bonchev–Trinajstić information content (AvgIpc) is 2.76. The Morgan fingerprint density at radius 1 is 1.39 bits per heavy atom. The fraction of sp³-hybridized carbons (Fsp3) is 0.231. The highest BCUT2D eigenvalue weighted by Crippen LogP contribution is 2.20. The molecule has 1 unspecified atom stereocenters. The number of amides is 1. The van der Waals surface area contributed by atoms with Crippen LogP contribution in [0.15, 0.2) is 40.9 Å². The van der Waals surface area contributed by atoms with E-state index in [1.54, 1.807) is 19.9 Å².